The van der Waals surface area contributed by atoms with Gasteiger partial charge in [0.2, 0.25) is 10.0 Å². The number of aryl methyl sites for hydroxylation is 1. The topological polar surface area (TPSA) is 58.2 Å². The summed E-state index contributed by atoms with van der Waals surface area (Å²) in [5.74, 6) is 0.371. The van der Waals surface area contributed by atoms with Crippen LogP contribution < -0.4 is 10.0 Å². The van der Waals surface area contributed by atoms with Crippen LogP contribution in [-0.4, -0.2) is 21.0 Å². The van der Waals surface area contributed by atoms with Gasteiger partial charge in [0.1, 0.15) is 4.90 Å². The monoisotopic (exact) mass is 332 g/mol. The Morgan fingerprint density at radius 1 is 1.24 bits per heavy atom. The number of hydrogen-bond donors (Lipinski definition) is 2. The summed E-state index contributed by atoms with van der Waals surface area (Å²) >= 11 is 1.51. The van der Waals surface area contributed by atoms with Crippen LogP contribution in [0.25, 0.3) is 0 Å². The Morgan fingerprint density at radius 3 is 2.38 bits per heavy atom. The van der Waals surface area contributed by atoms with Crippen LogP contribution in [0.3, 0.4) is 0 Å². The molecule has 1 unspecified atom stereocenters. The van der Waals surface area contributed by atoms with Gasteiger partial charge >= 0.3 is 0 Å². The van der Waals surface area contributed by atoms with Crippen molar-refractivity contribution in [3.8, 4) is 0 Å². The van der Waals surface area contributed by atoms with Gasteiger partial charge in [-0.3, -0.25) is 0 Å². The summed E-state index contributed by atoms with van der Waals surface area (Å²) in [6.45, 7) is 11.5. The summed E-state index contributed by atoms with van der Waals surface area (Å²) in [7, 11) is -3.45. The van der Waals surface area contributed by atoms with E-state index < -0.39 is 10.0 Å². The number of nitrogens with one attached hydrogen (secondary N) is 2. The summed E-state index contributed by atoms with van der Waals surface area (Å²) < 4.78 is 28.3. The minimum Gasteiger partial charge on any atom is -0.312 e. The third-order valence-electron chi connectivity index (χ3n) is 3.89. The van der Waals surface area contributed by atoms with Crippen LogP contribution in [0.4, 0.5) is 0 Å². The van der Waals surface area contributed by atoms with Gasteiger partial charge < -0.3 is 5.32 Å². The predicted molar refractivity (Wildman–Crippen MR) is 90.3 cm³/mol. The molecular weight excluding hydrogens is 304 g/mol. The molecule has 0 radical (unpaired) electrons. The van der Waals surface area contributed by atoms with Crippen molar-refractivity contribution in [1.82, 2.24) is 10.0 Å². The summed E-state index contributed by atoms with van der Waals surface area (Å²) in [6.07, 6.45) is 1.96. The number of thiophene rings is 1. The quantitative estimate of drug-likeness (QED) is 0.730. The van der Waals surface area contributed by atoms with Crippen molar-refractivity contribution in [3.63, 3.8) is 0 Å². The largest absolute Gasteiger partial charge is 0.312 e. The normalized spacial score (nSPS) is 13.8. The van der Waals surface area contributed by atoms with Gasteiger partial charge in [0.05, 0.1) is 0 Å². The lowest BCUT2D eigenvalue weighted by Crippen LogP contribution is -2.38. The average Bonchev–Trinajstić information content (AvgIpc) is 2.79. The second kappa shape index (κ2) is 8.27. The van der Waals surface area contributed by atoms with Crippen molar-refractivity contribution < 1.29 is 8.42 Å². The molecule has 2 N–H and O–H groups in total. The first-order chi connectivity index (χ1) is 9.87. The molecule has 0 aliphatic heterocycles. The van der Waals surface area contributed by atoms with Crippen LogP contribution >= 0.6 is 11.3 Å². The minimum atomic E-state index is -3.45. The fraction of sp³-hybridized carbons (Fsp3) is 0.733. The van der Waals surface area contributed by atoms with Crippen molar-refractivity contribution in [3.05, 3.63) is 15.8 Å². The van der Waals surface area contributed by atoms with Crippen LogP contribution in [0.5, 0.6) is 0 Å². The summed E-state index contributed by atoms with van der Waals surface area (Å²) in [6, 6.07) is -0.0451. The maximum absolute atomic E-state index is 12.7. The third kappa shape index (κ3) is 4.77. The molecule has 1 aromatic rings. The Kier molecular flexibility index (Phi) is 7.33. The van der Waals surface area contributed by atoms with E-state index in [1.165, 1.54) is 11.3 Å². The molecule has 1 aromatic heterocycles. The van der Waals surface area contributed by atoms with Gasteiger partial charge in [0.25, 0.3) is 0 Å². The average molecular weight is 333 g/mol. The number of hydrogen-bond acceptors (Lipinski definition) is 4. The molecule has 1 rings (SSSR count). The standard InChI is InChI=1S/C15H28N2O2S2/c1-6-13(7-2)12(5)17-21(18,19)15-11(4)10-20-14(15)9-16-8-3/h10,12-13,16-17H,6-9H2,1-5H3. The molecule has 21 heavy (non-hydrogen) atoms. The molecule has 0 aromatic carbocycles. The highest BCUT2D eigenvalue weighted by Gasteiger charge is 2.26. The first-order valence-electron chi connectivity index (χ1n) is 7.67. The Hall–Kier alpha value is -0.430. The maximum atomic E-state index is 12.7. The van der Waals surface area contributed by atoms with E-state index in [-0.39, 0.29) is 6.04 Å². The molecule has 1 heterocycles. The highest BCUT2D eigenvalue weighted by Crippen LogP contribution is 2.27. The van der Waals surface area contributed by atoms with Crippen LogP contribution in [-0.2, 0) is 16.6 Å². The van der Waals surface area contributed by atoms with E-state index in [0.717, 1.165) is 29.8 Å². The maximum Gasteiger partial charge on any atom is 0.242 e. The fourth-order valence-electron chi connectivity index (χ4n) is 2.60. The van der Waals surface area contributed by atoms with E-state index in [1.807, 2.05) is 26.2 Å². The molecule has 0 fully saturated rings. The van der Waals surface area contributed by atoms with Crippen LogP contribution in [0, 0.1) is 12.8 Å². The zero-order valence-electron chi connectivity index (χ0n) is 13.7. The van der Waals surface area contributed by atoms with Crippen LogP contribution in [0.15, 0.2) is 10.3 Å². The lowest BCUT2D eigenvalue weighted by atomic mass is 9.96. The lowest BCUT2D eigenvalue weighted by molar-refractivity contribution is 0.390. The third-order valence-corrected chi connectivity index (χ3v) is 6.91. The zero-order valence-corrected chi connectivity index (χ0v) is 15.3. The fourth-order valence-corrected chi connectivity index (χ4v) is 5.70. The molecule has 0 saturated carbocycles. The number of sulfonamides is 1. The van der Waals surface area contributed by atoms with E-state index in [0.29, 0.717) is 17.4 Å². The van der Waals surface area contributed by atoms with Crippen molar-refractivity contribution in [2.45, 2.75) is 64.9 Å². The minimum absolute atomic E-state index is 0.0451. The first-order valence-corrected chi connectivity index (χ1v) is 10.0. The van der Waals surface area contributed by atoms with E-state index >= 15 is 0 Å². The van der Waals surface area contributed by atoms with Crippen molar-refractivity contribution in [1.29, 1.82) is 0 Å². The first kappa shape index (κ1) is 18.6. The second-order valence-corrected chi connectivity index (χ2v) is 8.05. The van der Waals surface area contributed by atoms with Crippen LogP contribution in [0.1, 0.15) is 51.0 Å². The van der Waals surface area contributed by atoms with Gasteiger partial charge in [-0.15, -0.1) is 11.3 Å². The molecule has 6 heteroatoms. The van der Waals surface area contributed by atoms with Gasteiger partial charge in [0, 0.05) is 17.5 Å². The Morgan fingerprint density at radius 2 is 1.86 bits per heavy atom. The van der Waals surface area contributed by atoms with Gasteiger partial charge in [0.15, 0.2) is 0 Å². The highest BCUT2D eigenvalue weighted by atomic mass is 32.2. The van der Waals surface area contributed by atoms with E-state index in [9.17, 15) is 8.42 Å². The molecule has 0 bridgehead atoms. The second-order valence-electron chi connectivity index (χ2n) is 5.44. The Bertz CT molecular complexity index is 534. The SMILES string of the molecule is CCNCc1scc(C)c1S(=O)(=O)NC(C)C(CC)CC. The Balaban J connectivity index is 2.99. The lowest BCUT2D eigenvalue weighted by Gasteiger charge is -2.22. The Labute approximate surface area is 133 Å². The molecule has 4 nitrogen and oxygen atoms in total. The van der Waals surface area contributed by atoms with Crippen molar-refractivity contribution in [2.24, 2.45) is 5.92 Å². The molecule has 0 saturated heterocycles. The smallest absolute Gasteiger partial charge is 0.242 e. The van der Waals surface area contributed by atoms with Gasteiger partial charge in [-0.2, -0.15) is 0 Å². The van der Waals surface area contributed by atoms with E-state index in [2.05, 4.69) is 23.9 Å². The zero-order chi connectivity index (χ0) is 16.0. The van der Waals surface area contributed by atoms with Crippen molar-refractivity contribution in [2.75, 3.05) is 6.54 Å². The van der Waals surface area contributed by atoms with Gasteiger partial charge in [-0.05, 0) is 37.3 Å². The summed E-state index contributed by atoms with van der Waals surface area (Å²) in [5, 5.41) is 5.13. The molecule has 1 atom stereocenters. The molecular formula is C15H28N2O2S2. The molecule has 0 aliphatic rings. The van der Waals surface area contributed by atoms with E-state index in [4.69, 9.17) is 0 Å². The molecule has 0 aliphatic carbocycles. The van der Waals surface area contributed by atoms with Gasteiger partial charge in [-0.1, -0.05) is 33.6 Å². The summed E-state index contributed by atoms with van der Waals surface area (Å²) in [5.41, 5.74) is 0.831. The van der Waals surface area contributed by atoms with Gasteiger partial charge in [-0.25, -0.2) is 13.1 Å². The van der Waals surface area contributed by atoms with Crippen LogP contribution in [0.2, 0.25) is 0 Å². The molecule has 0 spiro atoms. The highest BCUT2D eigenvalue weighted by molar-refractivity contribution is 7.89. The number of rotatable bonds is 9. The summed E-state index contributed by atoms with van der Waals surface area (Å²) in [4.78, 5) is 1.35. The predicted octanol–water partition coefficient (Wildman–Crippen LogP) is 3.27. The van der Waals surface area contributed by atoms with E-state index in [1.54, 1.807) is 0 Å². The molecule has 0 amide bonds. The molecule has 122 valence electrons. The van der Waals surface area contributed by atoms with Crippen molar-refractivity contribution >= 4 is 21.4 Å².